The minimum Gasteiger partial charge on any atom is -0.343 e. The van der Waals surface area contributed by atoms with Crippen molar-refractivity contribution in [3.63, 3.8) is 0 Å². The Morgan fingerprint density at radius 3 is 2.56 bits per heavy atom. The highest BCUT2D eigenvalue weighted by Crippen LogP contribution is 2.14. The molecule has 0 saturated heterocycles. The van der Waals surface area contributed by atoms with Gasteiger partial charge in [0.05, 0.1) is 11.5 Å². The zero-order valence-electron chi connectivity index (χ0n) is 15.0. The molecular formula is C20H21N3O4. The van der Waals surface area contributed by atoms with Crippen molar-refractivity contribution in [2.75, 3.05) is 13.1 Å². The van der Waals surface area contributed by atoms with Crippen molar-refractivity contribution < 1.29 is 14.5 Å². The van der Waals surface area contributed by atoms with E-state index in [4.69, 9.17) is 0 Å². The molecule has 140 valence electrons. The van der Waals surface area contributed by atoms with Gasteiger partial charge in [-0.05, 0) is 24.1 Å². The Morgan fingerprint density at radius 2 is 1.89 bits per heavy atom. The Labute approximate surface area is 157 Å². The van der Waals surface area contributed by atoms with Crippen molar-refractivity contribution in [3.8, 4) is 0 Å². The second kappa shape index (κ2) is 9.86. The van der Waals surface area contributed by atoms with Crippen LogP contribution in [0.1, 0.15) is 18.1 Å². The molecule has 0 atom stereocenters. The zero-order chi connectivity index (χ0) is 19.6. The second-order valence-corrected chi connectivity index (χ2v) is 5.80. The van der Waals surface area contributed by atoms with Gasteiger partial charge in [0, 0.05) is 31.3 Å². The zero-order valence-corrected chi connectivity index (χ0v) is 15.0. The number of nitro groups is 1. The summed E-state index contributed by atoms with van der Waals surface area (Å²) in [7, 11) is 0. The number of carbonyl (C=O) groups excluding carboxylic acids is 2. The van der Waals surface area contributed by atoms with E-state index in [1.165, 1.54) is 24.3 Å². The smallest absolute Gasteiger partial charge is 0.270 e. The molecule has 0 bridgehead atoms. The number of benzene rings is 2. The van der Waals surface area contributed by atoms with Gasteiger partial charge in [0.1, 0.15) is 0 Å². The van der Waals surface area contributed by atoms with E-state index in [-0.39, 0.29) is 18.1 Å². The largest absolute Gasteiger partial charge is 0.343 e. The highest BCUT2D eigenvalue weighted by atomic mass is 16.6. The number of amides is 2. The van der Waals surface area contributed by atoms with E-state index in [0.29, 0.717) is 18.7 Å². The van der Waals surface area contributed by atoms with Gasteiger partial charge in [-0.2, -0.15) is 0 Å². The molecule has 0 aliphatic heterocycles. The molecule has 0 aliphatic carbocycles. The first-order chi connectivity index (χ1) is 13.0. The van der Waals surface area contributed by atoms with Crippen LogP contribution < -0.4 is 5.32 Å². The first-order valence-corrected chi connectivity index (χ1v) is 8.51. The molecule has 7 heteroatoms. The predicted molar refractivity (Wildman–Crippen MR) is 103 cm³/mol. The SMILES string of the molecule is CCN(Cc1ccccc1)C(=O)CNC(=O)/C=C/c1cccc([N+](=O)[O-])c1. The maximum Gasteiger partial charge on any atom is 0.270 e. The Bertz CT molecular complexity index is 834. The second-order valence-electron chi connectivity index (χ2n) is 5.80. The number of nitro benzene ring substituents is 1. The summed E-state index contributed by atoms with van der Waals surface area (Å²) in [4.78, 5) is 36.1. The van der Waals surface area contributed by atoms with Gasteiger partial charge in [-0.25, -0.2) is 0 Å². The number of nitrogens with zero attached hydrogens (tertiary/aromatic N) is 2. The third-order valence-electron chi connectivity index (χ3n) is 3.87. The molecule has 0 spiro atoms. The van der Waals surface area contributed by atoms with E-state index in [1.54, 1.807) is 17.0 Å². The molecule has 27 heavy (non-hydrogen) atoms. The van der Waals surface area contributed by atoms with Gasteiger partial charge >= 0.3 is 0 Å². The van der Waals surface area contributed by atoms with E-state index in [9.17, 15) is 19.7 Å². The molecule has 0 aliphatic rings. The minimum absolute atomic E-state index is 0.0489. The molecule has 0 radical (unpaired) electrons. The predicted octanol–water partition coefficient (Wildman–Crippen LogP) is 2.77. The molecular weight excluding hydrogens is 346 g/mol. The summed E-state index contributed by atoms with van der Waals surface area (Å²) in [5, 5.41) is 13.3. The van der Waals surface area contributed by atoms with Gasteiger partial charge in [-0.3, -0.25) is 19.7 Å². The minimum atomic E-state index is -0.498. The first kappa shape index (κ1) is 19.8. The van der Waals surface area contributed by atoms with E-state index in [1.807, 2.05) is 37.3 Å². The quantitative estimate of drug-likeness (QED) is 0.441. The van der Waals surface area contributed by atoms with E-state index in [0.717, 1.165) is 5.56 Å². The highest BCUT2D eigenvalue weighted by molar-refractivity contribution is 5.94. The van der Waals surface area contributed by atoms with Crippen LogP contribution in [0.15, 0.2) is 60.7 Å². The summed E-state index contributed by atoms with van der Waals surface area (Å²) >= 11 is 0. The standard InChI is InChI=1S/C20H21N3O4/c1-2-22(15-17-7-4-3-5-8-17)20(25)14-21-19(24)12-11-16-9-6-10-18(13-16)23(26)27/h3-13H,2,14-15H2,1H3,(H,21,24)/b12-11+. The fourth-order valence-electron chi connectivity index (χ4n) is 2.43. The Morgan fingerprint density at radius 1 is 1.15 bits per heavy atom. The monoisotopic (exact) mass is 367 g/mol. The lowest BCUT2D eigenvalue weighted by atomic mass is 10.2. The fraction of sp³-hybridized carbons (Fsp3) is 0.200. The summed E-state index contributed by atoms with van der Waals surface area (Å²) in [5.74, 6) is -0.621. The lowest BCUT2D eigenvalue weighted by Crippen LogP contribution is -2.39. The summed E-state index contributed by atoms with van der Waals surface area (Å²) in [6.45, 7) is 2.78. The lowest BCUT2D eigenvalue weighted by Gasteiger charge is -2.21. The van der Waals surface area contributed by atoms with Gasteiger partial charge in [0.25, 0.3) is 5.69 Å². The molecule has 2 rings (SSSR count). The summed E-state index contributed by atoms with van der Waals surface area (Å²) in [6, 6.07) is 15.6. The fourth-order valence-corrected chi connectivity index (χ4v) is 2.43. The summed E-state index contributed by atoms with van der Waals surface area (Å²) in [6.07, 6.45) is 2.72. The first-order valence-electron chi connectivity index (χ1n) is 8.51. The van der Waals surface area contributed by atoms with Crippen LogP contribution >= 0.6 is 0 Å². The maximum absolute atomic E-state index is 12.3. The Balaban J connectivity index is 1.87. The van der Waals surface area contributed by atoms with Crippen molar-refractivity contribution in [1.82, 2.24) is 10.2 Å². The van der Waals surface area contributed by atoms with Crippen molar-refractivity contribution >= 4 is 23.6 Å². The molecule has 2 amide bonds. The van der Waals surface area contributed by atoms with Crippen molar-refractivity contribution in [1.29, 1.82) is 0 Å². The van der Waals surface area contributed by atoms with E-state index in [2.05, 4.69) is 5.32 Å². The molecule has 0 aromatic heterocycles. The highest BCUT2D eigenvalue weighted by Gasteiger charge is 2.12. The van der Waals surface area contributed by atoms with Crippen LogP contribution in [0.4, 0.5) is 5.69 Å². The summed E-state index contributed by atoms with van der Waals surface area (Å²) in [5.41, 5.74) is 1.50. The van der Waals surface area contributed by atoms with Crippen molar-refractivity contribution in [2.24, 2.45) is 0 Å². The van der Waals surface area contributed by atoms with Crippen molar-refractivity contribution in [2.45, 2.75) is 13.5 Å². The Kier molecular flexibility index (Phi) is 7.25. The molecule has 0 fully saturated rings. The van der Waals surface area contributed by atoms with Crippen LogP contribution in [-0.2, 0) is 16.1 Å². The van der Waals surface area contributed by atoms with Gasteiger partial charge in [-0.1, -0.05) is 42.5 Å². The summed E-state index contributed by atoms with van der Waals surface area (Å²) < 4.78 is 0. The van der Waals surface area contributed by atoms with Gasteiger partial charge < -0.3 is 10.2 Å². The average molecular weight is 367 g/mol. The topological polar surface area (TPSA) is 92.6 Å². The van der Waals surface area contributed by atoms with Gasteiger partial charge in [-0.15, -0.1) is 0 Å². The van der Waals surface area contributed by atoms with Crippen LogP contribution in [-0.4, -0.2) is 34.7 Å². The van der Waals surface area contributed by atoms with Crippen LogP contribution in [0.2, 0.25) is 0 Å². The van der Waals surface area contributed by atoms with Gasteiger partial charge in [0.2, 0.25) is 11.8 Å². The Hall–Kier alpha value is -3.48. The molecule has 0 saturated carbocycles. The van der Waals surface area contributed by atoms with Crippen molar-refractivity contribution in [3.05, 3.63) is 81.9 Å². The van der Waals surface area contributed by atoms with Crippen LogP contribution in [0, 0.1) is 10.1 Å². The number of hydrogen-bond donors (Lipinski definition) is 1. The third-order valence-corrected chi connectivity index (χ3v) is 3.87. The number of non-ortho nitro benzene ring substituents is 1. The average Bonchev–Trinajstić information content (AvgIpc) is 2.69. The number of likely N-dealkylation sites (N-methyl/N-ethyl adjacent to an activating group) is 1. The molecule has 2 aromatic carbocycles. The maximum atomic E-state index is 12.3. The molecule has 0 heterocycles. The number of nitrogens with one attached hydrogen (secondary N) is 1. The van der Waals surface area contributed by atoms with E-state index >= 15 is 0 Å². The number of rotatable bonds is 8. The lowest BCUT2D eigenvalue weighted by molar-refractivity contribution is -0.384. The molecule has 7 nitrogen and oxygen atoms in total. The normalized spacial score (nSPS) is 10.6. The van der Waals surface area contributed by atoms with Crippen LogP contribution in [0.5, 0.6) is 0 Å². The molecule has 0 unspecified atom stereocenters. The number of hydrogen-bond acceptors (Lipinski definition) is 4. The third kappa shape index (κ3) is 6.39. The van der Waals surface area contributed by atoms with Crippen LogP contribution in [0.3, 0.4) is 0 Å². The number of carbonyl (C=O) groups is 2. The van der Waals surface area contributed by atoms with E-state index < -0.39 is 10.8 Å². The molecule has 1 N–H and O–H groups in total. The van der Waals surface area contributed by atoms with Crippen LogP contribution in [0.25, 0.3) is 6.08 Å². The molecule has 2 aromatic rings. The van der Waals surface area contributed by atoms with Gasteiger partial charge in [0.15, 0.2) is 0 Å².